The van der Waals surface area contributed by atoms with E-state index < -0.39 is 5.60 Å². The molecule has 0 unspecified atom stereocenters. The molecule has 1 aromatic rings. The van der Waals surface area contributed by atoms with Crippen LogP contribution in [-0.2, 0) is 0 Å². The standard InChI is InChI=1S/C18H27NO/c1-18(20)12-6-5-9-17(18)19-13-10-16(11-14-19)15-7-3-2-4-8-15/h2-4,7-8,16-17,20H,5-6,9-14H2,1H3/t17-,18-/m0/s1. The molecule has 3 rings (SSSR count). The Labute approximate surface area is 122 Å². The van der Waals surface area contributed by atoms with Crippen molar-refractivity contribution in [1.82, 2.24) is 4.90 Å². The molecule has 0 aromatic heterocycles. The van der Waals surface area contributed by atoms with Crippen molar-refractivity contribution in [2.75, 3.05) is 13.1 Å². The van der Waals surface area contributed by atoms with Gasteiger partial charge in [0.2, 0.25) is 0 Å². The summed E-state index contributed by atoms with van der Waals surface area (Å²) in [4.78, 5) is 2.55. The zero-order chi connectivity index (χ0) is 14.0. The molecule has 0 spiro atoms. The van der Waals surface area contributed by atoms with Crippen LogP contribution in [0, 0.1) is 0 Å². The van der Waals surface area contributed by atoms with Crippen molar-refractivity contribution in [2.24, 2.45) is 0 Å². The SMILES string of the molecule is C[C@]1(O)CCCC[C@@H]1N1CCC(c2ccccc2)CC1. The Morgan fingerprint density at radius 1 is 1.05 bits per heavy atom. The maximum atomic E-state index is 10.6. The normalized spacial score (nSPS) is 33.2. The molecule has 1 aromatic carbocycles. The molecule has 2 heteroatoms. The molecule has 1 N–H and O–H groups in total. The van der Waals surface area contributed by atoms with Gasteiger partial charge in [-0.3, -0.25) is 4.90 Å². The number of piperidine rings is 1. The van der Waals surface area contributed by atoms with E-state index in [2.05, 4.69) is 35.2 Å². The zero-order valence-corrected chi connectivity index (χ0v) is 12.6. The largest absolute Gasteiger partial charge is 0.389 e. The number of nitrogens with zero attached hydrogens (tertiary/aromatic N) is 1. The molecule has 1 aliphatic heterocycles. The first-order valence-electron chi connectivity index (χ1n) is 8.18. The lowest BCUT2D eigenvalue weighted by molar-refractivity contribution is -0.0663. The lowest BCUT2D eigenvalue weighted by atomic mass is 9.79. The summed E-state index contributed by atoms with van der Waals surface area (Å²) in [7, 11) is 0. The third-order valence-electron chi connectivity index (χ3n) is 5.37. The molecule has 2 fully saturated rings. The minimum Gasteiger partial charge on any atom is -0.389 e. The van der Waals surface area contributed by atoms with Gasteiger partial charge in [0.05, 0.1) is 5.60 Å². The predicted molar refractivity (Wildman–Crippen MR) is 82.9 cm³/mol. The van der Waals surface area contributed by atoms with Gasteiger partial charge < -0.3 is 5.11 Å². The topological polar surface area (TPSA) is 23.5 Å². The van der Waals surface area contributed by atoms with E-state index in [4.69, 9.17) is 0 Å². The quantitative estimate of drug-likeness (QED) is 0.890. The highest BCUT2D eigenvalue weighted by Gasteiger charge is 2.39. The average molecular weight is 273 g/mol. The molecular weight excluding hydrogens is 246 g/mol. The Morgan fingerprint density at radius 3 is 2.40 bits per heavy atom. The molecule has 0 amide bonds. The fourth-order valence-corrected chi connectivity index (χ4v) is 4.14. The van der Waals surface area contributed by atoms with Gasteiger partial charge in [-0.1, -0.05) is 43.2 Å². The number of hydrogen-bond donors (Lipinski definition) is 1. The van der Waals surface area contributed by atoms with E-state index >= 15 is 0 Å². The Morgan fingerprint density at radius 2 is 1.75 bits per heavy atom. The third kappa shape index (κ3) is 2.91. The second-order valence-electron chi connectivity index (χ2n) is 6.84. The summed E-state index contributed by atoms with van der Waals surface area (Å²) < 4.78 is 0. The molecule has 1 saturated heterocycles. The van der Waals surface area contributed by atoms with Gasteiger partial charge in [-0.05, 0) is 57.2 Å². The van der Waals surface area contributed by atoms with Crippen LogP contribution in [0.4, 0.5) is 0 Å². The van der Waals surface area contributed by atoms with Crippen molar-refractivity contribution in [1.29, 1.82) is 0 Å². The van der Waals surface area contributed by atoms with E-state index in [0.717, 1.165) is 19.5 Å². The monoisotopic (exact) mass is 273 g/mol. The maximum absolute atomic E-state index is 10.6. The van der Waals surface area contributed by atoms with E-state index in [1.165, 1.54) is 37.7 Å². The molecule has 1 heterocycles. The second kappa shape index (κ2) is 5.87. The van der Waals surface area contributed by atoms with Gasteiger partial charge >= 0.3 is 0 Å². The van der Waals surface area contributed by atoms with Crippen LogP contribution in [-0.4, -0.2) is 34.7 Å². The summed E-state index contributed by atoms with van der Waals surface area (Å²) in [6, 6.07) is 11.3. The van der Waals surface area contributed by atoms with Crippen molar-refractivity contribution in [3.63, 3.8) is 0 Å². The van der Waals surface area contributed by atoms with Crippen molar-refractivity contribution in [3.05, 3.63) is 35.9 Å². The van der Waals surface area contributed by atoms with E-state index in [-0.39, 0.29) is 0 Å². The Bertz CT molecular complexity index is 420. The van der Waals surface area contributed by atoms with Crippen LogP contribution in [0.3, 0.4) is 0 Å². The van der Waals surface area contributed by atoms with E-state index in [9.17, 15) is 5.11 Å². The van der Waals surface area contributed by atoms with Crippen LogP contribution >= 0.6 is 0 Å². The minimum atomic E-state index is -0.474. The highest BCUT2D eigenvalue weighted by molar-refractivity contribution is 5.20. The molecule has 2 atom stereocenters. The van der Waals surface area contributed by atoms with Crippen LogP contribution in [0.25, 0.3) is 0 Å². The highest BCUT2D eigenvalue weighted by atomic mass is 16.3. The summed E-state index contributed by atoms with van der Waals surface area (Å²) >= 11 is 0. The lowest BCUT2D eigenvalue weighted by Crippen LogP contribution is -2.54. The fourth-order valence-electron chi connectivity index (χ4n) is 4.14. The second-order valence-corrected chi connectivity index (χ2v) is 6.84. The lowest BCUT2D eigenvalue weighted by Gasteiger charge is -2.46. The van der Waals surface area contributed by atoms with Crippen LogP contribution in [0.1, 0.15) is 56.9 Å². The van der Waals surface area contributed by atoms with E-state index in [1.807, 2.05) is 6.92 Å². The van der Waals surface area contributed by atoms with E-state index in [0.29, 0.717) is 12.0 Å². The van der Waals surface area contributed by atoms with Crippen LogP contribution in [0.5, 0.6) is 0 Å². The van der Waals surface area contributed by atoms with E-state index in [1.54, 1.807) is 0 Å². The van der Waals surface area contributed by atoms with Crippen LogP contribution in [0.15, 0.2) is 30.3 Å². The Kier molecular flexibility index (Phi) is 4.13. The molecule has 0 bridgehead atoms. The minimum absolute atomic E-state index is 0.382. The molecule has 20 heavy (non-hydrogen) atoms. The van der Waals surface area contributed by atoms with Gasteiger partial charge in [-0.25, -0.2) is 0 Å². The molecule has 2 aliphatic rings. The number of aliphatic hydroxyl groups is 1. The summed E-state index contributed by atoms with van der Waals surface area (Å²) in [6.07, 6.45) is 7.07. The number of rotatable bonds is 2. The molecule has 110 valence electrons. The highest BCUT2D eigenvalue weighted by Crippen LogP contribution is 2.36. The van der Waals surface area contributed by atoms with Crippen molar-refractivity contribution < 1.29 is 5.11 Å². The fraction of sp³-hybridized carbons (Fsp3) is 0.667. The van der Waals surface area contributed by atoms with Gasteiger partial charge in [0.1, 0.15) is 0 Å². The summed E-state index contributed by atoms with van der Waals surface area (Å²) in [5.74, 6) is 0.709. The van der Waals surface area contributed by atoms with Crippen LogP contribution in [0.2, 0.25) is 0 Å². The Hall–Kier alpha value is -0.860. The summed E-state index contributed by atoms with van der Waals surface area (Å²) in [6.45, 7) is 4.32. The van der Waals surface area contributed by atoms with Gasteiger partial charge in [-0.15, -0.1) is 0 Å². The van der Waals surface area contributed by atoms with Gasteiger partial charge in [-0.2, -0.15) is 0 Å². The van der Waals surface area contributed by atoms with Gasteiger partial charge in [0, 0.05) is 6.04 Å². The first-order valence-corrected chi connectivity index (χ1v) is 8.18. The first-order chi connectivity index (χ1) is 9.67. The molecule has 1 saturated carbocycles. The molecule has 0 radical (unpaired) electrons. The molecule has 1 aliphatic carbocycles. The average Bonchev–Trinajstić information content (AvgIpc) is 2.48. The zero-order valence-electron chi connectivity index (χ0n) is 12.6. The van der Waals surface area contributed by atoms with Gasteiger partial charge in [0.15, 0.2) is 0 Å². The van der Waals surface area contributed by atoms with Gasteiger partial charge in [0.25, 0.3) is 0 Å². The number of hydrogen-bond acceptors (Lipinski definition) is 2. The van der Waals surface area contributed by atoms with Crippen molar-refractivity contribution in [3.8, 4) is 0 Å². The predicted octanol–water partition coefficient (Wildman–Crippen LogP) is 3.56. The molecule has 2 nitrogen and oxygen atoms in total. The smallest absolute Gasteiger partial charge is 0.0774 e. The third-order valence-corrected chi connectivity index (χ3v) is 5.37. The maximum Gasteiger partial charge on any atom is 0.0774 e. The van der Waals surface area contributed by atoms with Crippen molar-refractivity contribution in [2.45, 2.75) is 63.0 Å². The Balaban J connectivity index is 1.61. The molecular formula is C18H27NO. The summed E-state index contributed by atoms with van der Waals surface area (Å²) in [5.41, 5.74) is 1.01. The first kappa shape index (κ1) is 14.1. The number of benzene rings is 1. The summed E-state index contributed by atoms with van der Waals surface area (Å²) in [5, 5.41) is 10.6. The number of likely N-dealkylation sites (tertiary alicyclic amines) is 1. The van der Waals surface area contributed by atoms with Crippen molar-refractivity contribution >= 4 is 0 Å². The van der Waals surface area contributed by atoms with Crippen LogP contribution < -0.4 is 0 Å².